The molecule has 0 aliphatic carbocycles. The van der Waals surface area contributed by atoms with Gasteiger partial charge < -0.3 is 0 Å². The Morgan fingerprint density at radius 1 is 0.679 bits per heavy atom. The van der Waals surface area contributed by atoms with E-state index in [1.807, 2.05) is 104 Å². The molecule has 136 valence electrons. The van der Waals surface area contributed by atoms with Gasteiger partial charge in [0.1, 0.15) is 0 Å². The minimum absolute atomic E-state index is 0.549. The quantitative estimate of drug-likeness (QED) is 0.357. The van der Waals surface area contributed by atoms with E-state index in [1.165, 1.54) is 0 Å². The molecule has 0 aliphatic rings. The molecule has 0 aliphatic heterocycles. The van der Waals surface area contributed by atoms with Crippen LogP contribution < -0.4 is 5.01 Å². The molecule has 0 atom stereocenters. The number of hydrogen-bond donors (Lipinski definition) is 0. The van der Waals surface area contributed by atoms with E-state index in [1.54, 1.807) is 11.2 Å². The number of hydrazone groups is 1. The van der Waals surface area contributed by atoms with E-state index in [9.17, 15) is 0 Å². The molecule has 0 radical (unpaired) electrons. The Kier molecular flexibility index (Phi) is 5.20. The summed E-state index contributed by atoms with van der Waals surface area (Å²) in [7, 11) is 1.86. The van der Waals surface area contributed by atoms with Crippen LogP contribution in [0.25, 0.3) is 22.5 Å². The third kappa shape index (κ3) is 4.13. The minimum Gasteiger partial charge on any atom is -0.235 e. The van der Waals surface area contributed by atoms with Crippen molar-refractivity contribution < 1.29 is 0 Å². The summed E-state index contributed by atoms with van der Waals surface area (Å²) in [4.78, 5) is 9.48. The molecule has 0 amide bonds. The average Bonchev–Trinajstić information content (AvgIpc) is 2.79. The predicted octanol–water partition coefficient (Wildman–Crippen LogP) is 5.28. The molecule has 4 nitrogen and oxygen atoms in total. The third-order valence-electron chi connectivity index (χ3n) is 4.32. The highest BCUT2D eigenvalue weighted by atomic mass is 15.5. The van der Waals surface area contributed by atoms with Crippen molar-refractivity contribution in [1.82, 2.24) is 9.97 Å². The molecule has 1 aromatic heterocycles. The summed E-state index contributed by atoms with van der Waals surface area (Å²) >= 11 is 0. The number of anilines is 1. The molecule has 0 saturated carbocycles. The standard InChI is InChI=1S/C24H20N4/c1-28(25-18-19-11-5-2-6-12-19)24-26-22(20-13-7-3-8-14-20)17-23(27-24)21-15-9-4-10-16-21/h2-18H,1H3/b25-18+. The van der Waals surface area contributed by atoms with Crippen LogP contribution in [-0.2, 0) is 0 Å². The van der Waals surface area contributed by atoms with E-state index < -0.39 is 0 Å². The molecular formula is C24H20N4. The zero-order valence-corrected chi connectivity index (χ0v) is 15.6. The monoisotopic (exact) mass is 364 g/mol. The van der Waals surface area contributed by atoms with Crippen LogP contribution in [0, 0.1) is 0 Å². The van der Waals surface area contributed by atoms with Crippen molar-refractivity contribution in [3.05, 3.63) is 103 Å². The van der Waals surface area contributed by atoms with E-state index in [0.717, 1.165) is 28.1 Å². The summed E-state index contributed by atoms with van der Waals surface area (Å²) < 4.78 is 0. The second-order valence-corrected chi connectivity index (χ2v) is 6.35. The van der Waals surface area contributed by atoms with Crippen LogP contribution in [0.3, 0.4) is 0 Å². The van der Waals surface area contributed by atoms with Crippen molar-refractivity contribution in [2.24, 2.45) is 5.10 Å². The number of rotatable bonds is 5. The molecular weight excluding hydrogens is 344 g/mol. The Labute approximate surface area is 164 Å². The molecule has 0 bridgehead atoms. The van der Waals surface area contributed by atoms with E-state index >= 15 is 0 Å². The summed E-state index contributed by atoms with van der Waals surface area (Å²) in [6, 6.07) is 32.2. The molecule has 28 heavy (non-hydrogen) atoms. The average molecular weight is 364 g/mol. The summed E-state index contributed by atoms with van der Waals surface area (Å²) in [6.45, 7) is 0. The minimum atomic E-state index is 0.549. The van der Waals surface area contributed by atoms with Crippen LogP contribution in [-0.4, -0.2) is 23.2 Å². The summed E-state index contributed by atoms with van der Waals surface area (Å²) in [6.07, 6.45) is 1.81. The smallest absolute Gasteiger partial charge is 0.235 e. The molecule has 4 heteroatoms. The zero-order chi connectivity index (χ0) is 19.2. The molecule has 0 N–H and O–H groups in total. The fourth-order valence-electron chi connectivity index (χ4n) is 2.84. The SMILES string of the molecule is CN(/N=C/c1ccccc1)c1nc(-c2ccccc2)cc(-c2ccccc2)n1. The van der Waals surface area contributed by atoms with Gasteiger partial charge in [-0.1, -0.05) is 91.0 Å². The maximum absolute atomic E-state index is 4.74. The van der Waals surface area contributed by atoms with Gasteiger partial charge in [-0.3, -0.25) is 0 Å². The van der Waals surface area contributed by atoms with Gasteiger partial charge in [-0.2, -0.15) is 5.10 Å². The molecule has 4 aromatic rings. The lowest BCUT2D eigenvalue weighted by Gasteiger charge is -2.14. The molecule has 0 unspecified atom stereocenters. The molecule has 1 heterocycles. The fraction of sp³-hybridized carbons (Fsp3) is 0.0417. The Bertz CT molecular complexity index is 1000. The highest BCUT2D eigenvalue weighted by Gasteiger charge is 2.11. The van der Waals surface area contributed by atoms with Gasteiger partial charge in [0, 0.05) is 18.2 Å². The van der Waals surface area contributed by atoms with Gasteiger partial charge in [0.25, 0.3) is 0 Å². The van der Waals surface area contributed by atoms with E-state index in [-0.39, 0.29) is 0 Å². The van der Waals surface area contributed by atoms with Gasteiger partial charge in [-0.15, -0.1) is 0 Å². The van der Waals surface area contributed by atoms with Gasteiger partial charge in [-0.25, -0.2) is 15.0 Å². The molecule has 0 saturated heterocycles. The summed E-state index contributed by atoms with van der Waals surface area (Å²) in [5, 5.41) is 6.22. The van der Waals surface area contributed by atoms with Crippen LogP contribution >= 0.6 is 0 Å². The highest BCUT2D eigenvalue weighted by molar-refractivity contribution is 5.80. The first kappa shape index (κ1) is 17.6. The lowest BCUT2D eigenvalue weighted by molar-refractivity contribution is 0.938. The summed E-state index contributed by atoms with van der Waals surface area (Å²) in [5.74, 6) is 0.549. The van der Waals surface area contributed by atoms with Crippen molar-refractivity contribution in [3.63, 3.8) is 0 Å². The number of aromatic nitrogens is 2. The number of benzene rings is 3. The van der Waals surface area contributed by atoms with Crippen LogP contribution in [0.15, 0.2) is 102 Å². The maximum Gasteiger partial charge on any atom is 0.247 e. The van der Waals surface area contributed by atoms with Crippen molar-refractivity contribution >= 4 is 12.2 Å². The Hall–Kier alpha value is -3.79. The first-order valence-electron chi connectivity index (χ1n) is 9.12. The molecule has 0 fully saturated rings. The van der Waals surface area contributed by atoms with Gasteiger partial charge in [0.15, 0.2) is 0 Å². The van der Waals surface area contributed by atoms with Crippen molar-refractivity contribution in [2.75, 3.05) is 12.1 Å². The fourth-order valence-corrected chi connectivity index (χ4v) is 2.84. The largest absolute Gasteiger partial charge is 0.247 e. The van der Waals surface area contributed by atoms with Crippen LogP contribution in [0.5, 0.6) is 0 Å². The Morgan fingerprint density at radius 2 is 1.14 bits per heavy atom. The molecule has 0 spiro atoms. The van der Waals surface area contributed by atoms with Crippen LogP contribution in [0.1, 0.15) is 5.56 Å². The lowest BCUT2D eigenvalue weighted by atomic mass is 10.1. The normalized spacial score (nSPS) is 10.9. The lowest BCUT2D eigenvalue weighted by Crippen LogP contribution is -2.13. The number of hydrogen-bond acceptors (Lipinski definition) is 4. The Morgan fingerprint density at radius 3 is 1.64 bits per heavy atom. The molecule has 4 rings (SSSR count). The highest BCUT2D eigenvalue weighted by Crippen LogP contribution is 2.26. The first-order chi connectivity index (χ1) is 13.8. The van der Waals surface area contributed by atoms with E-state index in [0.29, 0.717) is 5.95 Å². The van der Waals surface area contributed by atoms with Crippen molar-refractivity contribution in [1.29, 1.82) is 0 Å². The maximum atomic E-state index is 4.74. The topological polar surface area (TPSA) is 41.4 Å². The van der Waals surface area contributed by atoms with Gasteiger partial charge in [0.2, 0.25) is 5.95 Å². The first-order valence-corrected chi connectivity index (χ1v) is 9.12. The van der Waals surface area contributed by atoms with E-state index in [2.05, 4.69) is 5.10 Å². The zero-order valence-electron chi connectivity index (χ0n) is 15.6. The predicted molar refractivity (Wildman–Crippen MR) is 115 cm³/mol. The van der Waals surface area contributed by atoms with Crippen molar-refractivity contribution in [2.45, 2.75) is 0 Å². The third-order valence-corrected chi connectivity index (χ3v) is 4.32. The molecule has 3 aromatic carbocycles. The number of nitrogens with zero attached hydrogens (tertiary/aromatic N) is 4. The van der Waals surface area contributed by atoms with Gasteiger partial charge >= 0.3 is 0 Å². The second kappa shape index (κ2) is 8.27. The second-order valence-electron chi connectivity index (χ2n) is 6.35. The summed E-state index contributed by atoms with van der Waals surface area (Å²) in [5.41, 5.74) is 4.85. The van der Waals surface area contributed by atoms with Gasteiger partial charge in [-0.05, 0) is 11.6 Å². The van der Waals surface area contributed by atoms with Crippen LogP contribution in [0.4, 0.5) is 5.95 Å². The van der Waals surface area contributed by atoms with Crippen LogP contribution in [0.2, 0.25) is 0 Å². The Balaban J connectivity index is 1.74. The van der Waals surface area contributed by atoms with Crippen molar-refractivity contribution in [3.8, 4) is 22.5 Å². The van der Waals surface area contributed by atoms with Gasteiger partial charge in [0.05, 0.1) is 17.6 Å². The van der Waals surface area contributed by atoms with E-state index in [4.69, 9.17) is 9.97 Å².